The molecule has 0 spiro atoms. The summed E-state index contributed by atoms with van der Waals surface area (Å²) in [5.74, 6) is -0.372. The topological polar surface area (TPSA) is 71.7 Å². The zero-order chi connectivity index (χ0) is 23.0. The van der Waals surface area contributed by atoms with Crippen molar-refractivity contribution >= 4 is 37.5 Å². The fourth-order valence-corrected chi connectivity index (χ4v) is 7.23. The van der Waals surface area contributed by atoms with Crippen LogP contribution in [0.3, 0.4) is 0 Å². The molecule has 1 atom stereocenters. The van der Waals surface area contributed by atoms with Crippen molar-refractivity contribution in [3.63, 3.8) is 0 Å². The number of sulfonamides is 1. The zero-order valence-corrected chi connectivity index (χ0v) is 20.6. The number of amides is 1. The third-order valence-corrected chi connectivity index (χ3v) is 9.33. The second-order valence-corrected chi connectivity index (χ2v) is 11.3. The molecule has 4 rings (SSSR count). The molecule has 1 aliphatic rings. The van der Waals surface area contributed by atoms with Gasteiger partial charge < -0.3 is 4.57 Å². The van der Waals surface area contributed by atoms with E-state index in [4.69, 9.17) is 0 Å². The van der Waals surface area contributed by atoms with Crippen molar-refractivity contribution in [3.05, 3.63) is 57.9 Å². The molecule has 6 nitrogen and oxygen atoms in total. The molecule has 0 aliphatic carbocycles. The standard InChI is InChI=1S/C24H29N3O3S2/c1-5-26-21-15-16(2)14-17(3)22(21)31-24(26)25-23(28)19-9-11-20(12-10-19)32(29,30)27-13-7-6-8-18(27)4/h9-12,14-15,18H,5-8,13H2,1-4H3. The Kier molecular flexibility index (Phi) is 6.38. The molecule has 0 N–H and O–H groups in total. The van der Waals surface area contributed by atoms with Crippen molar-refractivity contribution in [1.82, 2.24) is 8.87 Å². The van der Waals surface area contributed by atoms with Gasteiger partial charge in [-0.15, -0.1) is 0 Å². The van der Waals surface area contributed by atoms with Gasteiger partial charge in [-0.3, -0.25) is 4.79 Å². The van der Waals surface area contributed by atoms with Crippen LogP contribution in [-0.2, 0) is 16.6 Å². The van der Waals surface area contributed by atoms with E-state index in [1.54, 1.807) is 16.4 Å². The Hall–Kier alpha value is -2.29. The van der Waals surface area contributed by atoms with Crippen LogP contribution >= 0.6 is 11.3 Å². The first-order valence-electron chi connectivity index (χ1n) is 11.0. The van der Waals surface area contributed by atoms with Crippen LogP contribution in [0.1, 0.15) is 54.6 Å². The zero-order valence-electron chi connectivity index (χ0n) is 19.0. The Bertz CT molecular complexity index is 1340. The molecule has 3 aromatic rings. The first-order valence-corrected chi connectivity index (χ1v) is 13.3. The number of benzene rings is 2. The molecule has 2 heterocycles. The van der Waals surface area contributed by atoms with Crippen molar-refractivity contribution < 1.29 is 13.2 Å². The minimum absolute atomic E-state index is 0.00500. The number of rotatable bonds is 4. The Morgan fingerprint density at radius 2 is 1.88 bits per heavy atom. The summed E-state index contributed by atoms with van der Waals surface area (Å²) < 4.78 is 30.8. The highest BCUT2D eigenvalue weighted by Gasteiger charge is 2.30. The van der Waals surface area contributed by atoms with Gasteiger partial charge in [0.05, 0.1) is 15.1 Å². The number of piperidine rings is 1. The van der Waals surface area contributed by atoms with Crippen molar-refractivity contribution in [3.8, 4) is 0 Å². The van der Waals surface area contributed by atoms with E-state index in [0.717, 1.165) is 29.5 Å². The monoisotopic (exact) mass is 471 g/mol. The molecule has 2 aromatic carbocycles. The van der Waals surface area contributed by atoms with Crippen molar-refractivity contribution in [2.75, 3.05) is 6.54 Å². The second-order valence-electron chi connectivity index (χ2n) is 8.46. The highest BCUT2D eigenvalue weighted by Crippen LogP contribution is 2.26. The van der Waals surface area contributed by atoms with Crippen LogP contribution in [0.2, 0.25) is 0 Å². The van der Waals surface area contributed by atoms with Gasteiger partial charge in [0.2, 0.25) is 10.0 Å². The van der Waals surface area contributed by atoms with Crippen molar-refractivity contribution in [2.45, 2.75) is 64.4 Å². The first kappa shape index (κ1) is 22.9. The SMILES string of the molecule is CCn1c(=NC(=O)c2ccc(S(=O)(=O)N3CCCCC3C)cc2)sc2c(C)cc(C)cc21. The summed E-state index contributed by atoms with van der Waals surface area (Å²) in [6.07, 6.45) is 2.81. The average molecular weight is 472 g/mol. The van der Waals surface area contributed by atoms with Gasteiger partial charge in [-0.2, -0.15) is 9.30 Å². The third-order valence-electron chi connectivity index (χ3n) is 6.08. The van der Waals surface area contributed by atoms with E-state index in [1.165, 1.54) is 34.6 Å². The highest BCUT2D eigenvalue weighted by atomic mass is 32.2. The highest BCUT2D eigenvalue weighted by molar-refractivity contribution is 7.89. The van der Waals surface area contributed by atoms with Gasteiger partial charge >= 0.3 is 0 Å². The van der Waals surface area contributed by atoms with E-state index in [-0.39, 0.29) is 16.8 Å². The molecule has 1 amide bonds. The largest absolute Gasteiger partial charge is 0.317 e. The molecular weight excluding hydrogens is 442 g/mol. The van der Waals surface area contributed by atoms with Crippen LogP contribution in [0.15, 0.2) is 46.3 Å². The van der Waals surface area contributed by atoms with E-state index < -0.39 is 10.0 Å². The molecular formula is C24H29N3O3S2. The lowest BCUT2D eigenvalue weighted by molar-refractivity contribution is 0.0997. The number of carbonyl (C=O) groups excluding carboxylic acids is 1. The van der Waals surface area contributed by atoms with Crippen LogP contribution < -0.4 is 4.80 Å². The quantitative estimate of drug-likeness (QED) is 0.556. The maximum atomic E-state index is 13.0. The minimum atomic E-state index is -3.56. The number of nitrogens with zero attached hydrogens (tertiary/aromatic N) is 3. The number of thiazole rings is 1. The fourth-order valence-electron chi connectivity index (χ4n) is 4.39. The molecule has 170 valence electrons. The Balaban J connectivity index is 1.67. The number of fused-ring (bicyclic) bond motifs is 1. The van der Waals surface area contributed by atoms with Gasteiger partial charge in [0.25, 0.3) is 5.91 Å². The normalized spacial score (nSPS) is 18.4. The minimum Gasteiger partial charge on any atom is -0.317 e. The molecule has 0 radical (unpaired) electrons. The number of aromatic nitrogens is 1. The van der Waals surface area contributed by atoms with E-state index >= 15 is 0 Å². The maximum Gasteiger partial charge on any atom is 0.279 e. The second kappa shape index (κ2) is 8.92. The van der Waals surface area contributed by atoms with E-state index in [1.807, 2.05) is 13.8 Å². The molecule has 0 saturated carbocycles. The Morgan fingerprint density at radius 1 is 1.16 bits per heavy atom. The predicted octanol–water partition coefficient (Wildman–Crippen LogP) is 4.64. The summed E-state index contributed by atoms with van der Waals surface area (Å²) in [4.78, 5) is 18.2. The van der Waals surface area contributed by atoms with Crippen LogP contribution in [-0.4, -0.2) is 35.8 Å². The number of carbonyl (C=O) groups is 1. The van der Waals surface area contributed by atoms with Gasteiger partial charge in [0, 0.05) is 24.7 Å². The van der Waals surface area contributed by atoms with Gasteiger partial charge in [-0.1, -0.05) is 23.8 Å². The van der Waals surface area contributed by atoms with Crippen LogP contribution in [0.25, 0.3) is 10.2 Å². The molecule has 32 heavy (non-hydrogen) atoms. The summed E-state index contributed by atoms with van der Waals surface area (Å²) in [5, 5.41) is 0. The summed E-state index contributed by atoms with van der Waals surface area (Å²) in [6.45, 7) is 9.37. The van der Waals surface area contributed by atoms with Gasteiger partial charge in [0.1, 0.15) is 0 Å². The number of aryl methyl sites for hydroxylation is 3. The van der Waals surface area contributed by atoms with Gasteiger partial charge in [0.15, 0.2) is 4.80 Å². The van der Waals surface area contributed by atoms with E-state index in [9.17, 15) is 13.2 Å². The van der Waals surface area contributed by atoms with Crippen LogP contribution in [0.5, 0.6) is 0 Å². The number of hydrogen-bond acceptors (Lipinski definition) is 4. The molecule has 1 aliphatic heterocycles. The summed E-state index contributed by atoms with van der Waals surface area (Å²) in [7, 11) is -3.56. The fraction of sp³-hybridized carbons (Fsp3) is 0.417. The summed E-state index contributed by atoms with van der Waals surface area (Å²) >= 11 is 1.51. The molecule has 8 heteroatoms. The van der Waals surface area contributed by atoms with Gasteiger partial charge in [-0.05, 0) is 82.0 Å². The summed E-state index contributed by atoms with van der Waals surface area (Å²) in [6, 6.07) is 10.4. The van der Waals surface area contributed by atoms with E-state index in [2.05, 4.69) is 35.5 Å². The number of hydrogen-bond donors (Lipinski definition) is 0. The lowest BCUT2D eigenvalue weighted by Crippen LogP contribution is -2.41. The smallest absolute Gasteiger partial charge is 0.279 e. The lowest BCUT2D eigenvalue weighted by atomic mass is 10.1. The van der Waals surface area contributed by atoms with Gasteiger partial charge in [-0.25, -0.2) is 8.42 Å². The molecule has 1 fully saturated rings. The van der Waals surface area contributed by atoms with Crippen molar-refractivity contribution in [2.24, 2.45) is 4.99 Å². The maximum absolute atomic E-state index is 13.0. The lowest BCUT2D eigenvalue weighted by Gasteiger charge is -2.32. The Morgan fingerprint density at radius 3 is 2.53 bits per heavy atom. The molecule has 1 unspecified atom stereocenters. The average Bonchev–Trinajstić information content (AvgIpc) is 3.11. The van der Waals surface area contributed by atoms with Crippen molar-refractivity contribution in [1.29, 1.82) is 0 Å². The van der Waals surface area contributed by atoms with Crippen LogP contribution in [0.4, 0.5) is 0 Å². The molecule has 0 bridgehead atoms. The van der Waals surface area contributed by atoms with Crippen LogP contribution in [0, 0.1) is 13.8 Å². The summed E-state index contributed by atoms with van der Waals surface area (Å²) in [5.41, 5.74) is 3.80. The third kappa shape index (κ3) is 4.19. The Labute approximate surface area is 193 Å². The first-order chi connectivity index (χ1) is 15.2. The van der Waals surface area contributed by atoms with E-state index in [0.29, 0.717) is 23.5 Å². The molecule has 1 saturated heterocycles. The predicted molar refractivity (Wildman–Crippen MR) is 129 cm³/mol. The molecule has 1 aromatic heterocycles.